The van der Waals surface area contributed by atoms with Gasteiger partial charge < -0.3 is 10.1 Å². The van der Waals surface area contributed by atoms with Crippen molar-refractivity contribution in [2.45, 2.75) is 25.2 Å². The lowest BCUT2D eigenvalue weighted by molar-refractivity contribution is -0.163. The molecule has 0 bridgehead atoms. The SMILES string of the molecule is COC(=O)[C@@]12CCC(F)(F)C[C@@H]1CNC2. The number of fused-ring (bicyclic) bond motifs is 1. The Bertz CT molecular complexity index is 283. The van der Waals surface area contributed by atoms with E-state index in [1.165, 1.54) is 7.11 Å². The molecule has 0 radical (unpaired) electrons. The Labute approximate surface area is 87.2 Å². The summed E-state index contributed by atoms with van der Waals surface area (Å²) in [5, 5.41) is 3.02. The Morgan fingerprint density at radius 3 is 2.87 bits per heavy atom. The van der Waals surface area contributed by atoms with Gasteiger partial charge in [-0.1, -0.05) is 0 Å². The van der Waals surface area contributed by atoms with Gasteiger partial charge in [0.15, 0.2) is 0 Å². The van der Waals surface area contributed by atoms with Crippen molar-refractivity contribution in [2.75, 3.05) is 20.2 Å². The number of hydrogen-bond donors (Lipinski definition) is 1. The first-order valence-electron chi connectivity index (χ1n) is 5.17. The lowest BCUT2D eigenvalue weighted by atomic mass is 9.67. The molecule has 0 unspecified atom stereocenters. The summed E-state index contributed by atoms with van der Waals surface area (Å²) in [5.74, 6) is -3.24. The lowest BCUT2D eigenvalue weighted by Gasteiger charge is -2.39. The van der Waals surface area contributed by atoms with E-state index in [1.807, 2.05) is 0 Å². The summed E-state index contributed by atoms with van der Waals surface area (Å²) in [5.41, 5.74) is -0.698. The summed E-state index contributed by atoms with van der Waals surface area (Å²) < 4.78 is 31.1. The largest absolute Gasteiger partial charge is 0.469 e. The molecule has 2 aliphatic rings. The Balaban J connectivity index is 2.21. The fourth-order valence-electron chi connectivity index (χ4n) is 2.78. The third-order valence-corrected chi connectivity index (χ3v) is 3.69. The third kappa shape index (κ3) is 1.62. The van der Waals surface area contributed by atoms with E-state index in [9.17, 15) is 13.6 Å². The monoisotopic (exact) mass is 219 g/mol. The van der Waals surface area contributed by atoms with Gasteiger partial charge in [-0.2, -0.15) is 0 Å². The van der Waals surface area contributed by atoms with Crippen LogP contribution in [-0.2, 0) is 9.53 Å². The first-order valence-corrected chi connectivity index (χ1v) is 5.17. The second-order valence-corrected chi connectivity index (χ2v) is 4.54. The minimum atomic E-state index is -2.62. The van der Waals surface area contributed by atoms with Crippen molar-refractivity contribution in [2.24, 2.45) is 11.3 Å². The number of esters is 1. The normalized spacial score (nSPS) is 38.5. The Kier molecular flexibility index (Phi) is 2.45. The predicted octanol–water partition coefficient (Wildman–Crippen LogP) is 1.18. The van der Waals surface area contributed by atoms with Crippen LogP contribution in [0.5, 0.6) is 0 Å². The quantitative estimate of drug-likeness (QED) is 0.673. The molecule has 1 N–H and O–H groups in total. The van der Waals surface area contributed by atoms with E-state index in [0.29, 0.717) is 13.1 Å². The molecule has 0 aromatic rings. The van der Waals surface area contributed by atoms with Crippen LogP contribution in [0.1, 0.15) is 19.3 Å². The summed E-state index contributed by atoms with van der Waals surface area (Å²) in [6.07, 6.45) is -0.181. The van der Waals surface area contributed by atoms with Gasteiger partial charge in [0.25, 0.3) is 0 Å². The van der Waals surface area contributed by atoms with Gasteiger partial charge in [-0.3, -0.25) is 4.79 Å². The highest BCUT2D eigenvalue weighted by atomic mass is 19.3. The van der Waals surface area contributed by atoms with Crippen LogP contribution in [0.4, 0.5) is 8.78 Å². The molecule has 1 saturated carbocycles. The van der Waals surface area contributed by atoms with Crippen LogP contribution < -0.4 is 5.32 Å². The van der Waals surface area contributed by atoms with Crippen LogP contribution in [0.3, 0.4) is 0 Å². The van der Waals surface area contributed by atoms with Crippen molar-refractivity contribution in [1.29, 1.82) is 0 Å². The summed E-state index contributed by atoms with van der Waals surface area (Å²) in [4.78, 5) is 11.7. The second kappa shape index (κ2) is 3.40. The molecule has 0 spiro atoms. The molecule has 1 aliphatic carbocycles. The highest BCUT2D eigenvalue weighted by molar-refractivity contribution is 5.78. The zero-order valence-electron chi connectivity index (χ0n) is 8.69. The van der Waals surface area contributed by atoms with Crippen molar-refractivity contribution in [3.8, 4) is 0 Å². The molecular weight excluding hydrogens is 204 g/mol. The minimum absolute atomic E-state index is 0.199. The van der Waals surface area contributed by atoms with E-state index in [2.05, 4.69) is 5.32 Å². The van der Waals surface area contributed by atoms with Crippen LogP contribution in [0, 0.1) is 11.3 Å². The highest BCUT2D eigenvalue weighted by Crippen LogP contribution is 2.49. The molecule has 1 saturated heterocycles. The number of carbonyl (C=O) groups excluding carboxylic acids is 1. The van der Waals surface area contributed by atoms with E-state index in [4.69, 9.17) is 4.74 Å². The maximum atomic E-state index is 13.2. The number of nitrogens with one attached hydrogen (secondary N) is 1. The molecule has 2 fully saturated rings. The molecule has 15 heavy (non-hydrogen) atoms. The summed E-state index contributed by atoms with van der Waals surface area (Å²) >= 11 is 0. The molecule has 0 aromatic carbocycles. The van der Waals surface area contributed by atoms with Crippen LogP contribution in [-0.4, -0.2) is 32.1 Å². The maximum absolute atomic E-state index is 13.2. The Hall–Kier alpha value is -0.710. The Morgan fingerprint density at radius 1 is 1.47 bits per heavy atom. The average molecular weight is 219 g/mol. The first-order chi connectivity index (χ1) is 7.00. The van der Waals surface area contributed by atoms with Crippen LogP contribution in [0.25, 0.3) is 0 Å². The molecule has 3 nitrogen and oxygen atoms in total. The number of carbonyl (C=O) groups is 1. The molecular formula is C10H15F2NO2. The van der Waals surface area contributed by atoms with Gasteiger partial charge in [0.2, 0.25) is 5.92 Å². The molecule has 1 heterocycles. The first kappa shape index (κ1) is 10.8. The number of halogens is 2. The molecule has 0 amide bonds. The van der Waals surface area contributed by atoms with Gasteiger partial charge in [-0.05, 0) is 18.9 Å². The van der Waals surface area contributed by atoms with Gasteiger partial charge in [-0.25, -0.2) is 8.78 Å². The maximum Gasteiger partial charge on any atom is 0.313 e. The molecule has 0 aromatic heterocycles. The van der Waals surface area contributed by atoms with Crippen LogP contribution >= 0.6 is 0 Å². The number of ether oxygens (including phenoxy) is 1. The van der Waals surface area contributed by atoms with E-state index < -0.39 is 11.3 Å². The molecule has 2 rings (SSSR count). The van der Waals surface area contributed by atoms with Crippen molar-refractivity contribution in [3.63, 3.8) is 0 Å². The summed E-state index contributed by atoms with van der Waals surface area (Å²) in [6.45, 7) is 0.963. The minimum Gasteiger partial charge on any atom is -0.469 e. The van der Waals surface area contributed by atoms with Crippen molar-refractivity contribution in [1.82, 2.24) is 5.32 Å². The molecule has 86 valence electrons. The van der Waals surface area contributed by atoms with Gasteiger partial charge >= 0.3 is 5.97 Å². The second-order valence-electron chi connectivity index (χ2n) is 4.54. The predicted molar refractivity (Wildman–Crippen MR) is 49.6 cm³/mol. The standard InChI is InChI=1S/C10H15F2NO2/c1-15-8(14)9-2-3-10(11,12)4-7(9)5-13-6-9/h7,13H,2-6H2,1H3/t7-,9-/m1/s1. The number of rotatable bonds is 1. The van der Waals surface area contributed by atoms with Gasteiger partial charge in [0, 0.05) is 19.4 Å². The van der Waals surface area contributed by atoms with Gasteiger partial charge in [-0.15, -0.1) is 0 Å². The smallest absolute Gasteiger partial charge is 0.313 e. The number of hydrogen-bond acceptors (Lipinski definition) is 3. The molecule has 1 aliphatic heterocycles. The average Bonchev–Trinajstić information content (AvgIpc) is 2.59. The van der Waals surface area contributed by atoms with Crippen molar-refractivity contribution >= 4 is 5.97 Å². The fraction of sp³-hybridized carbons (Fsp3) is 0.900. The third-order valence-electron chi connectivity index (χ3n) is 3.69. The zero-order valence-corrected chi connectivity index (χ0v) is 8.69. The molecule has 5 heteroatoms. The van der Waals surface area contributed by atoms with E-state index in [1.54, 1.807) is 0 Å². The molecule has 2 atom stereocenters. The van der Waals surface area contributed by atoms with Crippen LogP contribution in [0.2, 0.25) is 0 Å². The van der Waals surface area contributed by atoms with Crippen molar-refractivity contribution in [3.05, 3.63) is 0 Å². The summed E-state index contributed by atoms with van der Waals surface area (Å²) in [7, 11) is 1.32. The van der Waals surface area contributed by atoms with E-state index in [0.717, 1.165) is 0 Å². The lowest BCUT2D eigenvalue weighted by Crippen LogP contribution is -2.46. The number of alkyl halides is 2. The summed E-state index contributed by atoms with van der Waals surface area (Å²) in [6, 6.07) is 0. The fourth-order valence-corrected chi connectivity index (χ4v) is 2.78. The topological polar surface area (TPSA) is 38.3 Å². The van der Waals surface area contributed by atoms with Gasteiger partial charge in [0.1, 0.15) is 0 Å². The van der Waals surface area contributed by atoms with E-state index in [-0.39, 0.29) is 31.1 Å². The number of methoxy groups -OCH3 is 1. The zero-order chi connectivity index (χ0) is 11.1. The van der Waals surface area contributed by atoms with E-state index >= 15 is 0 Å². The van der Waals surface area contributed by atoms with Crippen LogP contribution in [0.15, 0.2) is 0 Å². The van der Waals surface area contributed by atoms with Crippen molar-refractivity contribution < 1.29 is 18.3 Å². The Morgan fingerprint density at radius 2 is 2.20 bits per heavy atom. The van der Waals surface area contributed by atoms with Gasteiger partial charge in [0.05, 0.1) is 12.5 Å². The highest BCUT2D eigenvalue weighted by Gasteiger charge is 2.57.